The van der Waals surface area contributed by atoms with Gasteiger partial charge in [-0.1, -0.05) is 0 Å². The summed E-state index contributed by atoms with van der Waals surface area (Å²) in [6, 6.07) is 0.791. The number of anilines is 1. The van der Waals surface area contributed by atoms with Gasteiger partial charge in [-0.2, -0.15) is 0 Å². The lowest BCUT2D eigenvalue weighted by Crippen LogP contribution is -2.09. The van der Waals surface area contributed by atoms with E-state index in [4.69, 9.17) is 16.3 Å². The highest BCUT2D eigenvalue weighted by Gasteiger charge is 2.03. The van der Waals surface area contributed by atoms with Crippen molar-refractivity contribution in [1.29, 1.82) is 0 Å². The maximum Gasteiger partial charge on any atom is 0.168 e. The molecule has 16 heavy (non-hydrogen) atoms. The lowest BCUT2D eigenvalue weighted by Gasteiger charge is -2.06. The van der Waals surface area contributed by atoms with Crippen LogP contribution in [0.2, 0.25) is 0 Å². The fraction of sp³-hybridized carbons (Fsp3) is 0.500. The van der Waals surface area contributed by atoms with Crippen LogP contribution in [-0.2, 0) is 4.74 Å². The van der Waals surface area contributed by atoms with Crippen LogP contribution in [0.25, 0.3) is 0 Å². The number of rotatable bonds is 7. The molecule has 0 aliphatic rings. The third kappa shape index (κ3) is 4.72. The summed E-state index contributed by atoms with van der Waals surface area (Å²) in [5.41, 5.74) is 0. The molecule has 1 aromatic heterocycles. The van der Waals surface area contributed by atoms with Crippen LogP contribution >= 0.6 is 11.6 Å². The van der Waals surface area contributed by atoms with E-state index >= 15 is 0 Å². The largest absolute Gasteiger partial charge is 0.380 e. The van der Waals surface area contributed by atoms with Crippen molar-refractivity contribution in [3.05, 3.63) is 23.9 Å². The third-order valence-corrected chi connectivity index (χ3v) is 1.94. The molecule has 0 bridgehead atoms. The highest BCUT2D eigenvalue weighted by molar-refractivity contribution is 6.17. The van der Waals surface area contributed by atoms with Crippen molar-refractivity contribution in [2.24, 2.45) is 0 Å². The first kappa shape index (κ1) is 13.1. The number of nitrogens with one attached hydrogen (secondary N) is 1. The monoisotopic (exact) mass is 250 g/mol. The topological polar surface area (TPSA) is 34.2 Å². The maximum atomic E-state index is 13.1. The lowest BCUT2D eigenvalue weighted by molar-refractivity contribution is 0.149. The Morgan fingerprint density at radius 1 is 1.38 bits per heavy atom. The summed E-state index contributed by atoms with van der Waals surface area (Å²) in [6.07, 6.45) is 1.67. The van der Waals surface area contributed by atoms with Crippen LogP contribution in [0.3, 0.4) is 0 Å². The van der Waals surface area contributed by atoms with Gasteiger partial charge < -0.3 is 10.1 Å². The van der Waals surface area contributed by atoms with E-state index in [-0.39, 0.29) is 5.82 Å². The van der Waals surface area contributed by atoms with Crippen LogP contribution in [-0.4, -0.2) is 30.6 Å². The van der Waals surface area contributed by atoms with Gasteiger partial charge in [-0.15, -0.1) is 11.6 Å². The first-order valence-electron chi connectivity index (χ1n) is 4.92. The third-order valence-electron chi connectivity index (χ3n) is 1.79. The minimum atomic E-state index is -0.693. The fourth-order valence-corrected chi connectivity index (χ4v) is 1.19. The van der Waals surface area contributed by atoms with Crippen LogP contribution in [0.15, 0.2) is 12.3 Å². The van der Waals surface area contributed by atoms with Gasteiger partial charge in [0.25, 0.3) is 0 Å². The normalized spacial score (nSPS) is 10.4. The van der Waals surface area contributed by atoms with Crippen molar-refractivity contribution in [1.82, 2.24) is 4.98 Å². The zero-order chi connectivity index (χ0) is 11.8. The lowest BCUT2D eigenvalue weighted by atomic mass is 10.4. The smallest absolute Gasteiger partial charge is 0.168 e. The van der Waals surface area contributed by atoms with Crippen molar-refractivity contribution in [2.45, 2.75) is 6.42 Å². The molecule has 3 nitrogen and oxygen atoms in total. The van der Waals surface area contributed by atoms with E-state index < -0.39 is 11.6 Å². The highest BCUT2D eigenvalue weighted by atomic mass is 35.5. The van der Waals surface area contributed by atoms with Gasteiger partial charge in [-0.05, 0) is 6.42 Å². The predicted octanol–water partition coefficient (Wildman–Crippen LogP) is 2.42. The zero-order valence-corrected chi connectivity index (χ0v) is 9.44. The molecule has 1 aromatic rings. The molecule has 0 spiro atoms. The van der Waals surface area contributed by atoms with Crippen molar-refractivity contribution in [3.63, 3.8) is 0 Å². The van der Waals surface area contributed by atoms with Crippen LogP contribution in [0.4, 0.5) is 14.6 Å². The first-order valence-corrected chi connectivity index (χ1v) is 5.46. The molecular formula is C10H13ClF2N2O. The van der Waals surface area contributed by atoms with E-state index in [0.717, 1.165) is 12.3 Å². The molecule has 0 saturated heterocycles. The minimum Gasteiger partial charge on any atom is -0.380 e. The number of hydrogen-bond acceptors (Lipinski definition) is 3. The molecule has 0 radical (unpaired) electrons. The van der Waals surface area contributed by atoms with Gasteiger partial charge in [0, 0.05) is 25.1 Å². The predicted molar refractivity (Wildman–Crippen MR) is 58.8 cm³/mol. The number of alkyl halides is 1. The summed E-state index contributed by atoms with van der Waals surface area (Å²) in [5, 5.41) is 2.75. The van der Waals surface area contributed by atoms with Gasteiger partial charge in [-0.3, -0.25) is 0 Å². The van der Waals surface area contributed by atoms with Crippen LogP contribution < -0.4 is 5.32 Å². The summed E-state index contributed by atoms with van der Waals surface area (Å²) in [4.78, 5) is 3.59. The first-order chi connectivity index (χ1) is 7.74. The molecule has 6 heteroatoms. The zero-order valence-electron chi connectivity index (χ0n) is 8.68. The summed E-state index contributed by atoms with van der Waals surface area (Å²) >= 11 is 5.41. The van der Waals surface area contributed by atoms with Gasteiger partial charge >= 0.3 is 0 Å². The maximum absolute atomic E-state index is 13.1. The summed E-state index contributed by atoms with van der Waals surface area (Å²) in [5.74, 6) is -0.865. The van der Waals surface area contributed by atoms with E-state index in [1.54, 1.807) is 0 Å². The van der Waals surface area contributed by atoms with Crippen molar-refractivity contribution in [2.75, 3.05) is 31.0 Å². The van der Waals surface area contributed by atoms with Crippen LogP contribution in [0, 0.1) is 11.6 Å². The van der Waals surface area contributed by atoms with Crippen molar-refractivity contribution < 1.29 is 13.5 Å². The van der Waals surface area contributed by atoms with E-state index in [0.29, 0.717) is 32.1 Å². The minimum absolute atomic E-state index is 0.0544. The number of nitrogens with zero attached hydrogens (tertiary/aromatic N) is 1. The van der Waals surface area contributed by atoms with Crippen LogP contribution in [0.5, 0.6) is 0 Å². The Morgan fingerprint density at radius 2 is 2.19 bits per heavy atom. The van der Waals surface area contributed by atoms with Gasteiger partial charge in [-0.25, -0.2) is 13.8 Å². The molecule has 0 amide bonds. The van der Waals surface area contributed by atoms with Gasteiger partial charge in [0.15, 0.2) is 11.6 Å². The molecule has 0 unspecified atom stereocenters. The van der Waals surface area contributed by atoms with Gasteiger partial charge in [0.1, 0.15) is 5.82 Å². The van der Waals surface area contributed by atoms with Gasteiger partial charge in [0.05, 0.1) is 12.8 Å². The molecule has 0 fully saturated rings. The molecule has 0 saturated carbocycles. The Labute approximate surface area is 97.8 Å². The number of ether oxygens (including phenoxy) is 1. The summed E-state index contributed by atoms with van der Waals surface area (Å²) < 4.78 is 30.7. The molecular weight excluding hydrogens is 238 g/mol. The van der Waals surface area contributed by atoms with Crippen molar-refractivity contribution >= 4 is 17.4 Å². The van der Waals surface area contributed by atoms with E-state index in [2.05, 4.69) is 10.3 Å². The van der Waals surface area contributed by atoms with Crippen LogP contribution in [0.1, 0.15) is 6.42 Å². The fourth-order valence-electron chi connectivity index (χ4n) is 1.08. The Hall–Kier alpha value is -0.940. The number of halogens is 3. The Kier molecular flexibility index (Phi) is 6.03. The molecule has 1 N–H and O–H groups in total. The Bertz CT molecular complexity index is 326. The molecule has 0 atom stereocenters. The second kappa shape index (κ2) is 7.35. The average molecular weight is 251 g/mol. The number of hydrogen-bond donors (Lipinski definition) is 1. The summed E-state index contributed by atoms with van der Waals surface area (Å²) in [7, 11) is 0. The number of aromatic nitrogens is 1. The SMILES string of the molecule is Fc1cnc(NCCCOCCCl)c(F)c1. The molecule has 0 aliphatic carbocycles. The molecule has 90 valence electrons. The molecule has 0 aliphatic heterocycles. The molecule has 1 heterocycles. The second-order valence-corrected chi connectivity index (χ2v) is 3.44. The second-order valence-electron chi connectivity index (χ2n) is 3.07. The highest BCUT2D eigenvalue weighted by Crippen LogP contribution is 2.10. The molecule has 0 aromatic carbocycles. The standard InChI is InChI=1S/C10H13ClF2N2O/c11-2-5-16-4-1-3-14-10-9(13)6-8(12)7-15-10/h6-7H,1-5H2,(H,14,15). The average Bonchev–Trinajstić information content (AvgIpc) is 2.26. The van der Waals surface area contributed by atoms with Crippen molar-refractivity contribution in [3.8, 4) is 0 Å². The Balaban J connectivity index is 2.21. The van der Waals surface area contributed by atoms with E-state index in [1.165, 1.54) is 0 Å². The van der Waals surface area contributed by atoms with E-state index in [9.17, 15) is 8.78 Å². The summed E-state index contributed by atoms with van der Waals surface area (Å²) in [6.45, 7) is 1.56. The molecule has 1 rings (SSSR count). The number of pyridine rings is 1. The quantitative estimate of drug-likeness (QED) is 0.596. The van der Waals surface area contributed by atoms with Gasteiger partial charge in [0.2, 0.25) is 0 Å². The van der Waals surface area contributed by atoms with E-state index in [1.807, 2.05) is 0 Å². The Morgan fingerprint density at radius 3 is 2.88 bits per heavy atom.